The maximum absolute atomic E-state index is 11.1. The number of carbonyl (C=O) groups is 1. The van der Waals surface area contributed by atoms with E-state index in [1.165, 1.54) is 32.1 Å². The highest BCUT2D eigenvalue weighted by molar-refractivity contribution is 5.72. The number of piperidine rings is 1. The van der Waals surface area contributed by atoms with Crippen molar-refractivity contribution in [2.45, 2.75) is 58.0 Å². The third-order valence-electron chi connectivity index (χ3n) is 5.06. The van der Waals surface area contributed by atoms with Crippen LogP contribution >= 0.6 is 0 Å². The quantitative estimate of drug-likeness (QED) is 0.863. The molecule has 0 radical (unpaired) electrons. The van der Waals surface area contributed by atoms with Gasteiger partial charge in [0.15, 0.2) is 0 Å². The van der Waals surface area contributed by atoms with Crippen molar-refractivity contribution in [1.29, 1.82) is 0 Å². The normalized spacial score (nSPS) is 21.9. The van der Waals surface area contributed by atoms with E-state index in [1.54, 1.807) is 6.92 Å². The van der Waals surface area contributed by atoms with Crippen LogP contribution in [0.2, 0.25) is 0 Å². The van der Waals surface area contributed by atoms with Gasteiger partial charge in [-0.3, -0.25) is 9.69 Å². The van der Waals surface area contributed by atoms with Gasteiger partial charge in [-0.1, -0.05) is 6.42 Å². The van der Waals surface area contributed by atoms with Gasteiger partial charge in [0, 0.05) is 45.3 Å². The third kappa shape index (κ3) is 4.66. The summed E-state index contributed by atoms with van der Waals surface area (Å²) >= 11 is 0. The van der Waals surface area contributed by atoms with Crippen molar-refractivity contribution in [3.8, 4) is 0 Å². The molecule has 1 aromatic rings. The standard InChI is InChI=1S/C18H29N5O/c1-15(24)19-10-8-17-6-2-3-13-23(17)14-16-7-9-20-18(21-16)22-11-4-5-12-22/h7,9,17H,2-6,8,10-14H2,1H3,(H,19,24)/t17-/m1/s1. The average molecular weight is 331 g/mol. The Kier molecular flexibility index (Phi) is 6.01. The van der Waals surface area contributed by atoms with E-state index in [-0.39, 0.29) is 5.91 Å². The van der Waals surface area contributed by atoms with Gasteiger partial charge in [-0.25, -0.2) is 9.97 Å². The molecule has 0 spiro atoms. The molecular weight excluding hydrogens is 302 g/mol. The van der Waals surface area contributed by atoms with Gasteiger partial charge >= 0.3 is 0 Å². The molecule has 0 aliphatic carbocycles. The number of nitrogens with zero attached hydrogens (tertiary/aromatic N) is 4. The Bertz CT molecular complexity index is 544. The highest BCUT2D eigenvalue weighted by Crippen LogP contribution is 2.22. The van der Waals surface area contributed by atoms with Gasteiger partial charge in [0.05, 0.1) is 5.69 Å². The molecule has 1 atom stereocenters. The highest BCUT2D eigenvalue weighted by Gasteiger charge is 2.23. The number of amides is 1. The lowest BCUT2D eigenvalue weighted by Gasteiger charge is -2.35. The molecule has 2 aliphatic heterocycles. The van der Waals surface area contributed by atoms with Crippen molar-refractivity contribution >= 4 is 11.9 Å². The summed E-state index contributed by atoms with van der Waals surface area (Å²) in [6, 6.07) is 2.58. The molecular formula is C18H29N5O. The van der Waals surface area contributed by atoms with E-state index in [9.17, 15) is 4.79 Å². The molecule has 6 heteroatoms. The minimum atomic E-state index is 0.0587. The van der Waals surface area contributed by atoms with Crippen LogP contribution < -0.4 is 10.2 Å². The number of rotatable bonds is 6. The number of anilines is 1. The molecule has 0 unspecified atom stereocenters. The summed E-state index contributed by atoms with van der Waals surface area (Å²) in [4.78, 5) is 25.1. The van der Waals surface area contributed by atoms with E-state index < -0.39 is 0 Å². The average Bonchev–Trinajstić information content (AvgIpc) is 3.11. The lowest BCUT2D eigenvalue weighted by Crippen LogP contribution is -2.41. The fraction of sp³-hybridized carbons (Fsp3) is 0.722. The Labute approximate surface area is 144 Å². The molecule has 1 N–H and O–H groups in total. The van der Waals surface area contributed by atoms with Crippen molar-refractivity contribution in [3.05, 3.63) is 18.0 Å². The minimum Gasteiger partial charge on any atom is -0.356 e. The summed E-state index contributed by atoms with van der Waals surface area (Å²) in [5.74, 6) is 0.945. The maximum atomic E-state index is 11.1. The molecule has 24 heavy (non-hydrogen) atoms. The van der Waals surface area contributed by atoms with Crippen LogP contribution in [0.1, 0.15) is 51.1 Å². The molecule has 0 saturated carbocycles. The zero-order valence-electron chi connectivity index (χ0n) is 14.7. The molecule has 2 saturated heterocycles. The summed E-state index contributed by atoms with van der Waals surface area (Å²) in [5.41, 5.74) is 1.11. The lowest BCUT2D eigenvalue weighted by atomic mass is 9.99. The van der Waals surface area contributed by atoms with Crippen LogP contribution in [-0.4, -0.2) is 53.0 Å². The summed E-state index contributed by atoms with van der Waals surface area (Å²) in [6.45, 7) is 6.50. The van der Waals surface area contributed by atoms with E-state index in [0.717, 1.165) is 50.8 Å². The second kappa shape index (κ2) is 8.42. The van der Waals surface area contributed by atoms with Gasteiger partial charge in [0.2, 0.25) is 11.9 Å². The van der Waals surface area contributed by atoms with Crippen molar-refractivity contribution < 1.29 is 4.79 Å². The first-order chi connectivity index (χ1) is 11.7. The van der Waals surface area contributed by atoms with Crippen molar-refractivity contribution in [3.63, 3.8) is 0 Å². The topological polar surface area (TPSA) is 61.4 Å². The van der Waals surface area contributed by atoms with E-state index in [2.05, 4.69) is 20.1 Å². The molecule has 2 fully saturated rings. The monoisotopic (exact) mass is 331 g/mol. The Morgan fingerprint density at radius 1 is 1.25 bits per heavy atom. The number of carbonyl (C=O) groups excluding carboxylic acids is 1. The van der Waals surface area contributed by atoms with E-state index in [4.69, 9.17) is 4.98 Å². The Balaban J connectivity index is 1.60. The predicted octanol–water partition coefficient (Wildman–Crippen LogP) is 1.96. The summed E-state index contributed by atoms with van der Waals surface area (Å²) < 4.78 is 0. The van der Waals surface area contributed by atoms with Crippen LogP contribution in [-0.2, 0) is 11.3 Å². The number of hydrogen-bond acceptors (Lipinski definition) is 5. The van der Waals surface area contributed by atoms with Gasteiger partial charge in [-0.2, -0.15) is 0 Å². The maximum Gasteiger partial charge on any atom is 0.225 e. The zero-order chi connectivity index (χ0) is 16.8. The fourth-order valence-corrected chi connectivity index (χ4v) is 3.76. The third-order valence-corrected chi connectivity index (χ3v) is 5.06. The van der Waals surface area contributed by atoms with Crippen LogP contribution in [0.5, 0.6) is 0 Å². The molecule has 1 aromatic heterocycles. The largest absolute Gasteiger partial charge is 0.356 e. The Hall–Kier alpha value is -1.69. The van der Waals surface area contributed by atoms with Crippen LogP contribution in [0.25, 0.3) is 0 Å². The second-order valence-electron chi connectivity index (χ2n) is 6.93. The number of hydrogen-bond donors (Lipinski definition) is 1. The molecule has 2 aliphatic rings. The summed E-state index contributed by atoms with van der Waals surface area (Å²) in [7, 11) is 0. The second-order valence-corrected chi connectivity index (χ2v) is 6.93. The highest BCUT2D eigenvalue weighted by atomic mass is 16.1. The zero-order valence-corrected chi connectivity index (χ0v) is 14.7. The van der Waals surface area contributed by atoms with Gasteiger partial charge in [0.1, 0.15) is 0 Å². The van der Waals surface area contributed by atoms with Crippen molar-refractivity contribution in [2.24, 2.45) is 0 Å². The van der Waals surface area contributed by atoms with Gasteiger partial charge < -0.3 is 10.2 Å². The number of likely N-dealkylation sites (tertiary alicyclic amines) is 1. The number of aromatic nitrogens is 2. The van der Waals surface area contributed by atoms with Crippen molar-refractivity contribution in [1.82, 2.24) is 20.2 Å². The van der Waals surface area contributed by atoms with Crippen LogP contribution in [0.4, 0.5) is 5.95 Å². The Morgan fingerprint density at radius 2 is 2.04 bits per heavy atom. The molecule has 3 heterocycles. The molecule has 0 aromatic carbocycles. The smallest absolute Gasteiger partial charge is 0.225 e. The molecule has 0 bridgehead atoms. The fourth-order valence-electron chi connectivity index (χ4n) is 3.76. The van der Waals surface area contributed by atoms with Crippen LogP contribution in [0.15, 0.2) is 12.3 Å². The van der Waals surface area contributed by atoms with Crippen molar-refractivity contribution in [2.75, 3.05) is 31.1 Å². The van der Waals surface area contributed by atoms with E-state index in [1.807, 2.05) is 12.3 Å². The van der Waals surface area contributed by atoms with Gasteiger partial charge in [-0.05, 0) is 44.7 Å². The van der Waals surface area contributed by atoms with Crippen LogP contribution in [0, 0.1) is 0 Å². The van der Waals surface area contributed by atoms with Crippen LogP contribution in [0.3, 0.4) is 0 Å². The first kappa shape index (κ1) is 17.1. The van der Waals surface area contributed by atoms with E-state index in [0.29, 0.717) is 6.04 Å². The minimum absolute atomic E-state index is 0.0587. The molecule has 6 nitrogen and oxygen atoms in total. The first-order valence-corrected chi connectivity index (χ1v) is 9.28. The summed E-state index contributed by atoms with van der Waals surface area (Å²) in [5, 5.41) is 2.93. The predicted molar refractivity (Wildman–Crippen MR) is 94.8 cm³/mol. The van der Waals surface area contributed by atoms with Gasteiger partial charge in [0.25, 0.3) is 0 Å². The van der Waals surface area contributed by atoms with E-state index >= 15 is 0 Å². The molecule has 3 rings (SSSR count). The lowest BCUT2D eigenvalue weighted by molar-refractivity contribution is -0.119. The number of nitrogens with one attached hydrogen (secondary N) is 1. The first-order valence-electron chi connectivity index (χ1n) is 9.28. The van der Waals surface area contributed by atoms with Gasteiger partial charge in [-0.15, -0.1) is 0 Å². The molecule has 1 amide bonds. The summed E-state index contributed by atoms with van der Waals surface area (Å²) in [6.07, 6.45) is 9.14. The Morgan fingerprint density at radius 3 is 2.83 bits per heavy atom. The SMILES string of the molecule is CC(=O)NCC[C@H]1CCCCN1Cc1ccnc(N2CCCC2)n1. The molecule has 132 valence electrons.